The minimum absolute atomic E-state index is 0.0285. The average molecular weight is 194 g/mol. The summed E-state index contributed by atoms with van der Waals surface area (Å²) in [5, 5.41) is 0. The monoisotopic (exact) mass is 194 g/mol. The van der Waals surface area contributed by atoms with Gasteiger partial charge in [0.2, 0.25) is 5.91 Å². The summed E-state index contributed by atoms with van der Waals surface area (Å²) in [6.07, 6.45) is 2.39. The van der Waals surface area contributed by atoms with Gasteiger partial charge in [-0.05, 0) is 25.0 Å². The fourth-order valence-corrected chi connectivity index (χ4v) is 1.66. The van der Waals surface area contributed by atoms with E-state index in [2.05, 4.69) is 0 Å². The minimum atomic E-state index is -0.315. The summed E-state index contributed by atoms with van der Waals surface area (Å²) in [4.78, 5) is 13.2. The Hall–Kier alpha value is -1.29. The topological polar surface area (TPSA) is 59.5 Å². The second kappa shape index (κ2) is 3.46. The second-order valence-corrected chi connectivity index (χ2v) is 3.68. The van der Waals surface area contributed by atoms with Crippen molar-refractivity contribution in [2.24, 2.45) is 5.73 Å². The van der Waals surface area contributed by atoms with E-state index in [9.17, 15) is 4.79 Å². The number of aryl methyl sites for hydroxylation is 1. The molecule has 0 saturated carbocycles. The largest absolute Gasteiger partial charge is 0.467 e. The third-order valence-electron chi connectivity index (χ3n) is 2.64. The number of rotatable bonds is 2. The van der Waals surface area contributed by atoms with Crippen LogP contribution in [0.3, 0.4) is 0 Å². The van der Waals surface area contributed by atoms with Crippen molar-refractivity contribution in [3.8, 4) is 0 Å². The molecule has 4 nitrogen and oxygen atoms in total. The van der Waals surface area contributed by atoms with Crippen molar-refractivity contribution in [3.63, 3.8) is 0 Å². The van der Waals surface area contributed by atoms with Gasteiger partial charge in [0.1, 0.15) is 5.76 Å². The van der Waals surface area contributed by atoms with Crippen molar-refractivity contribution in [3.05, 3.63) is 23.7 Å². The number of carbonyl (C=O) groups excluding carboxylic acids is 1. The first-order valence-electron chi connectivity index (χ1n) is 4.76. The Bertz CT molecular complexity index is 346. The molecule has 1 aliphatic rings. The number of nitrogens with two attached hydrogens (primary N) is 1. The molecule has 1 amide bonds. The fraction of sp³-hybridized carbons (Fsp3) is 0.500. The first kappa shape index (κ1) is 9.27. The SMILES string of the molecule is Cc1ccoc1CN1CCC(N)C1=O. The normalized spacial score (nSPS) is 22.0. The summed E-state index contributed by atoms with van der Waals surface area (Å²) in [5.41, 5.74) is 6.70. The van der Waals surface area contributed by atoms with E-state index in [1.54, 1.807) is 11.2 Å². The van der Waals surface area contributed by atoms with E-state index >= 15 is 0 Å². The van der Waals surface area contributed by atoms with Crippen LogP contribution in [0.15, 0.2) is 16.7 Å². The van der Waals surface area contributed by atoms with Crippen LogP contribution in [0.5, 0.6) is 0 Å². The van der Waals surface area contributed by atoms with Crippen LogP contribution in [0, 0.1) is 6.92 Å². The van der Waals surface area contributed by atoms with Crippen molar-refractivity contribution in [1.29, 1.82) is 0 Å². The molecule has 1 aromatic heterocycles. The van der Waals surface area contributed by atoms with Gasteiger partial charge in [-0.15, -0.1) is 0 Å². The highest BCUT2D eigenvalue weighted by molar-refractivity contribution is 5.83. The summed E-state index contributed by atoms with van der Waals surface area (Å²) >= 11 is 0. The van der Waals surface area contributed by atoms with Gasteiger partial charge >= 0.3 is 0 Å². The highest BCUT2D eigenvalue weighted by Gasteiger charge is 2.29. The van der Waals surface area contributed by atoms with Gasteiger partial charge in [-0.25, -0.2) is 0 Å². The van der Waals surface area contributed by atoms with E-state index < -0.39 is 0 Å². The van der Waals surface area contributed by atoms with E-state index in [-0.39, 0.29) is 11.9 Å². The van der Waals surface area contributed by atoms with Gasteiger partial charge in [0.25, 0.3) is 0 Å². The van der Waals surface area contributed by atoms with Gasteiger partial charge in [0.05, 0.1) is 18.8 Å². The van der Waals surface area contributed by atoms with Crippen LogP contribution in [-0.4, -0.2) is 23.4 Å². The zero-order valence-electron chi connectivity index (χ0n) is 8.19. The second-order valence-electron chi connectivity index (χ2n) is 3.68. The third kappa shape index (κ3) is 1.53. The van der Waals surface area contributed by atoms with Crippen LogP contribution >= 0.6 is 0 Å². The lowest BCUT2D eigenvalue weighted by Crippen LogP contribution is -2.33. The number of amides is 1. The van der Waals surface area contributed by atoms with E-state index in [1.165, 1.54) is 0 Å². The standard InChI is InChI=1S/C10H14N2O2/c1-7-3-5-14-9(7)6-12-4-2-8(11)10(12)13/h3,5,8H,2,4,6,11H2,1H3. The van der Waals surface area contributed by atoms with Crippen LogP contribution in [0.25, 0.3) is 0 Å². The third-order valence-corrected chi connectivity index (χ3v) is 2.64. The molecule has 0 bridgehead atoms. The van der Waals surface area contributed by atoms with Gasteiger partial charge in [0, 0.05) is 6.54 Å². The molecule has 2 heterocycles. The van der Waals surface area contributed by atoms with Gasteiger partial charge in [-0.1, -0.05) is 0 Å². The van der Waals surface area contributed by atoms with Crippen molar-refractivity contribution in [1.82, 2.24) is 4.90 Å². The first-order chi connectivity index (χ1) is 6.68. The molecule has 0 aromatic carbocycles. The molecule has 1 unspecified atom stereocenters. The molecule has 0 spiro atoms. The van der Waals surface area contributed by atoms with E-state index in [0.717, 1.165) is 24.3 Å². The van der Waals surface area contributed by atoms with E-state index in [1.807, 2.05) is 13.0 Å². The van der Waals surface area contributed by atoms with Crippen LogP contribution < -0.4 is 5.73 Å². The smallest absolute Gasteiger partial charge is 0.239 e. The molecule has 1 atom stereocenters. The van der Waals surface area contributed by atoms with E-state index in [0.29, 0.717) is 6.54 Å². The molecular weight excluding hydrogens is 180 g/mol. The van der Waals surface area contributed by atoms with Crippen molar-refractivity contribution in [2.75, 3.05) is 6.54 Å². The minimum Gasteiger partial charge on any atom is -0.467 e. The highest BCUT2D eigenvalue weighted by Crippen LogP contribution is 2.16. The van der Waals surface area contributed by atoms with Gasteiger partial charge in [-0.2, -0.15) is 0 Å². The maximum absolute atomic E-state index is 11.5. The number of carbonyl (C=O) groups is 1. The predicted octanol–water partition coefficient (Wildman–Crippen LogP) is 0.648. The Labute approximate surface area is 82.7 Å². The number of nitrogens with zero attached hydrogens (tertiary/aromatic N) is 1. The van der Waals surface area contributed by atoms with Crippen LogP contribution in [0.2, 0.25) is 0 Å². The summed E-state index contributed by atoms with van der Waals surface area (Å²) < 4.78 is 5.28. The van der Waals surface area contributed by atoms with Gasteiger partial charge in [0.15, 0.2) is 0 Å². The zero-order chi connectivity index (χ0) is 10.1. The zero-order valence-corrected chi connectivity index (χ0v) is 8.19. The number of hydrogen-bond donors (Lipinski definition) is 1. The molecule has 0 radical (unpaired) electrons. The maximum atomic E-state index is 11.5. The van der Waals surface area contributed by atoms with Crippen LogP contribution in [0.4, 0.5) is 0 Å². The lowest BCUT2D eigenvalue weighted by molar-refractivity contribution is -0.129. The summed E-state index contributed by atoms with van der Waals surface area (Å²) in [7, 11) is 0. The fourth-order valence-electron chi connectivity index (χ4n) is 1.66. The molecular formula is C10H14N2O2. The Kier molecular flexibility index (Phi) is 2.29. The van der Waals surface area contributed by atoms with Gasteiger partial charge in [-0.3, -0.25) is 4.79 Å². The van der Waals surface area contributed by atoms with Crippen LogP contribution in [-0.2, 0) is 11.3 Å². The quantitative estimate of drug-likeness (QED) is 0.751. The first-order valence-corrected chi connectivity index (χ1v) is 4.76. The number of furan rings is 1. The van der Waals surface area contributed by atoms with Crippen molar-refractivity contribution >= 4 is 5.91 Å². The summed E-state index contributed by atoms with van der Waals surface area (Å²) in [6.45, 7) is 3.25. The average Bonchev–Trinajstić information content (AvgIpc) is 2.68. The van der Waals surface area contributed by atoms with Gasteiger partial charge < -0.3 is 15.1 Å². The highest BCUT2D eigenvalue weighted by atomic mass is 16.3. The predicted molar refractivity (Wildman–Crippen MR) is 51.5 cm³/mol. The summed E-state index contributed by atoms with van der Waals surface area (Å²) in [5.74, 6) is 0.883. The van der Waals surface area contributed by atoms with Crippen molar-refractivity contribution < 1.29 is 9.21 Å². The Morgan fingerprint density at radius 1 is 1.71 bits per heavy atom. The molecule has 76 valence electrons. The van der Waals surface area contributed by atoms with Crippen LogP contribution in [0.1, 0.15) is 17.7 Å². The molecule has 1 aliphatic heterocycles. The maximum Gasteiger partial charge on any atom is 0.239 e. The lowest BCUT2D eigenvalue weighted by Gasteiger charge is -2.14. The Morgan fingerprint density at radius 3 is 3.00 bits per heavy atom. The molecule has 14 heavy (non-hydrogen) atoms. The lowest BCUT2D eigenvalue weighted by atomic mass is 10.2. The molecule has 1 saturated heterocycles. The molecule has 2 rings (SSSR count). The molecule has 1 aromatic rings. The summed E-state index contributed by atoms with van der Waals surface area (Å²) in [6, 6.07) is 1.58. The Balaban J connectivity index is 2.06. The number of hydrogen-bond acceptors (Lipinski definition) is 3. The molecule has 0 aliphatic carbocycles. The Morgan fingerprint density at radius 2 is 2.50 bits per heavy atom. The molecule has 1 fully saturated rings. The number of likely N-dealkylation sites (tertiary alicyclic amines) is 1. The van der Waals surface area contributed by atoms with E-state index in [4.69, 9.17) is 10.2 Å². The molecule has 4 heteroatoms. The molecule has 2 N–H and O–H groups in total. The van der Waals surface area contributed by atoms with Crippen molar-refractivity contribution in [2.45, 2.75) is 25.9 Å².